The van der Waals surface area contributed by atoms with Crippen molar-refractivity contribution in [2.75, 3.05) is 7.11 Å². The van der Waals surface area contributed by atoms with E-state index >= 15 is 0 Å². The Balaban J connectivity index is 2.18. The SMILES string of the molecule is COc1ccccc1[C@H](C)NC(=O)c1ccccc1Cl. The van der Waals surface area contributed by atoms with E-state index in [0.29, 0.717) is 10.6 Å². The van der Waals surface area contributed by atoms with Crippen LogP contribution < -0.4 is 10.1 Å². The third kappa shape index (κ3) is 3.11. The van der Waals surface area contributed by atoms with Crippen molar-refractivity contribution in [1.29, 1.82) is 0 Å². The zero-order chi connectivity index (χ0) is 14.5. The van der Waals surface area contributed by atoms with Crippen LogP contribution in [-0.4, -0.2) is 13.0 Å². The van der Waals surface area contributed by atoms with E-state index < -0.39 is 0 Å². The first-order chi connectivity index (χ1) is 9.63. The van der Waals surface area contributed by atoms with Crippen LogP contribution in [0.1, 0.15) is 28.9 Å². The number of halogens is 1. The lowest BCUT2D eigenvalue weighted by atomic mass is 10.1. The smallest absolute Gasteiger partial charge is 0.253 e. The second kappa shape index (κ2) is 6.44. The molecular weight excluding hydrogens is 274 g/mol. The third-order valence-electron chi connectivity index (χ3n) is 3.07. The predicted octanol–water partition coefficient (Wildman–Crippen LogP) is 3.84. The Hall–Kier alpha value is -2.00. The Labute approximate surface area is 123 Å². The molecule has 2 aromatic rings. The first-order valence-corrected chi connectivity index (χ1v) is 6.69. The van der Waals surface area contributed by atoms with Gasteiger partial charge >= 0.3 is 0 Å². The molecule has 0 bridgehead atoms. The topological polar surface area (TPSA) is 38.3 Å². The number of hydrogen-bond donors (Lipinski definition) is 1. The van der Waals surface area contributed by atoms with Crippen molar-refractivity contribution in [2.45, 2.75) is 13.0 Å². The maximum atomic E-state index is 12.2. The van der Waals surface area contributed by atoms with Gasteiger partial charge in [-0.15, -0.1) is 0 Å². The monoisotopic (exact) mass is 289 g/mol. The molecule has 2 rings (SSSR count). The van der Waals surface area contributed by atoms with Gasteiger partial charge in [-0.1, -0.05) is 41.9 Å². The van der Waals surface area contributed by atoms with Gasteiger partial charge in [0, 0.05) is 5.56 Å². The molecule has 4 heteroatoms. The fourth-order valence-electron chi connectivity index (χ4n) is 2.02. The molecule has 3 nitrogen and oxygen atoms in total. The van der Waals surface area contributed by atoms with Crippen molar-refractivity contribution in [3.8, 4) is 5.75 Å². The van der Waals surface area contributed by atoms with Gasteiger partial charge in [0.1, 0.15) is 5.75 Å². The summed E-state index contributed by atoms with van der Waals surface area (Å²) in [5, 5.41) is 3.37. The summed E-state index contributed by atoms with van der Waals surface area (Å²) in [6, 6.07) is 14.4. The standard InChI is InChI=1S/C16H16ClNO2/c1-11(12-7-4-6-10-15(12)20-2)18-16(19)13-8-3-5-9-14(13)17/h3-11H,1-2H3,(H,18,19)/t11-/m0/s1. The zero-order valence-electron chi connectivity index (χ0n) is 11.4. The Bertz CT molecular complexity index is 613. The molecule has 1 atom stereocenters. The Morgan fingerprint density at radius 1 is 1.15 bits per heavy atom. The van der Waals surface area contributed by atoms with E-state index in [1.54, 1.807) is 31.4 Å². The van der Waals surface area contributed by atoms with Crippen LogP contribution in [0.4, 0.5) is 0 Å². The number of carbonyl (C=O) groups excluding carboxylic acids is 1. The van der Waals surface area contributed by atoms with Crippen LogP contribution in [0.15, 0.2) is 48.5 Å². The highest BCUT2D eigenvalue weighted by molar-refractivity contribution is 6.33. The van der Waals surface area contributed by atoms with E-state index in [0.717, 1.165) is 11.3 Å². The molecule has 1 N–H and O–H groups in total. The minimum Gasteiger partial charge on any atom is -0.496 e. The number of ether oxygens (including phenoxy) is 1. The van der Waals surface area contributed by atoms with E-state index in [-0.39, 0.29) is 11.9 Å². The summed E-state index contributed by atoms with van der Waals surface area (Å²) in [7, 11) is 1.61. The number of carbonyl (C=O) groups is 1. The fourth-order valence-corrected chi connectivity index (χ4v) is 2.24. The van der Waals surface area contributed by atoms with E-state index in [1.165, 1.54) is 0 Å². The van der Waals surface area contributed by atoms with Crippen molar-refractivity contribution in [2.24, 2.45) is 0 Å². The average Bonchev–Trinajstić information content (AvgIpc) is 2.47. The van der Waals surface area contributed by atoms with E-state index in [9.17, 15) is 4.79 Å². The summed E-state index contributed by atoms with van der Waals surface area (Å²) in [4.78, 5) is 12.2. The van der Waals surface area contributed by atoms with Crippen LogP contribution >= 0.6 is 11.6 Å². The Morgan fingerprint density at radius 2 is 1.80 bits per heavy atom. The third-order valence-corrected chi connectivity index (χ3v) is 3.40. The number of amides is 1. The molecule has 0 fully saturated rings. The van der Waals surface area contributed by atoms with Gasteiger partial charge in [0.25, 0.3) is 5.91 Å². The molecule has 0 saturated carbocycles. The van der Waals surface area contributed by atoms with Crippen molar-refractivity contribution in [3.05, 3.63) is 64.7 Å². The van der Waals surface area contributed by atoms with Crippen LogP contribution in [0.25, 0.3) is 0 Å². The molecule has 0 spiro atoms. The number of nitrogens with one attached hydrogen (secondary N) is 1. The molecular formula is C16H16ClNO2. The van der Waals surface area contributed by atoms with E-state index in [4.69, 9.17) is 16.3 Å². The summed E-state index contributed by atoms with van der Waals surface area (Å²) >= 11 is 6.02. The van der Waals surface area contributed by atoms with Crippen LogP contribution in [0.3, 0.4) is 0 Å². The summed E-state index contributed by atoms with van der Waals surface area (Å²) in [6.07, 6.45) is 0. The highest BCUT2D eigenvalue weighted by atomic mass is 35.5. The van der Waals surface area contributed by atoms with Crippen LogP contribution in [0.2, 0.25) is 5.02 Å². The van der Waals surface area contributed by atoms with Gasteiger partial charge in [0.15, 0.2) is 0 Å². The summed E-state index contributed by atoms with van der Waals surface area (Å²) < 4.78 is 5.30. The Kier molecular flexibility index (Phi) is 4.64. The molecule has 0 radical (unpaired) electrons. The largest absolute Gasteiger partial charge is 0.496 e. The quantitative estimate of drug-likeness (QED) is 0.929. The maximum Gasteiger partial charge on any atom is 0.253 e. The second-order valence-corrected chi connectivity index (χ2v) is 4.82. The molecule has 0 heterocycles. The van der Waals surface area contributed by atoms with Gasteiger partial charge in [-0.25, -0.2) is 0 Å². The molecule has 104 valence electrons. The fraction of sp³-hybridized carbons (Fsp3) is 0.188. The van der Waals surface area contributed by atoms with Crippen LogP contribution in [0.5, 0.6) is 5.75 Å². The molecule has 20 heavy (non-hydrogen) atoms. The number of methoxy groups -OCH3 is 1. The molecule has 0 unspecified atom stereocenters. The molecule has 0 aliphatic heterocycles. The van der Waals surface area contributed by atoms with Gasteiger partial charge in [-0.2, -0.15) is 0 Å². The minimum atomic E-state index is -0.200. The van der Waals surface area contributed by atoms with Crippen molar-refractivity contribution < 1.29 is 9.53 Å². The van der Waals surface area contributed by atoms with Crippen molar-refractivity contribution >= 4 is 17.5 Å². The molecule has 1 amide bonds. The predicted molar refractivity (Wildman–Crippen MR) is 80.3 cm³/mol. The van der Waals surface area contributed by atoms with Gasteiger partial charge < -0.3 is 10.1 Å². The number of benzene rings is 2. The molecule has 2 aromatic carbocycles. The van der Waals surface area contributed by atoms with E-state index in [2.05, 4.69) is 5.32 Å². The van der Waals surface area contributed by atoms with Gasteiger partial charge in [-0.3, -0.25) is 4.79 Å². The van der Waals surface area contributed by atoms with Gasteiger partial charge in [0.05, 0.1) is 23.7 Å². The first-order valence-electron chi connectivity index (χ1n) is 6.31. The van der Waals surface area contributed by atoms with Crippen LogP contribution in [0, 0.1) is 0 Å². The zero-order valence-corrected chi connectivity index (χ0v) is 12.1. The Morgan fingerprint density at radius 3 is 2.50 bits per heavy atom. The second-order valence-electron chi connectivity index (χ2n) is 4.42. The molecule has 0 saturated heterocycles. The van der Waals surface area contributed by atoms with Crippen LogP contribution in [-0.2, 0) is 0 Å². The normalized spacial score (nSPS) is 11.8. The van der Waals surface area contributed by atoms with Crippen molar-refractivity contribution in [1.82, 2.24) is 5.32 Å². The summed E-state index contributed by atoms with van der Waals surface area (Å²) in [5.41, 5.74) is 1.39. The van der Waals surface area contributed by atoms with Gasteiger partial charge in [0.2, 0.25) is 0 Å². The number of para-hydroxylation sites is 1. The summed E-state index contributed by atoms with van der Waals surface area (Å²) in [5.74, 6) is 0.550. The highest BCUT2D eigenvalue weighted by Gasteiger charge is 2.16. The lowest BCUT2D eigenvalue weighted by Gasteiger charge is -2.17. The molecule has 0 aliphatic rings. The molecule has 0 aromatic heterocycles. The first kappa shape index (κ1) is 14.4. The highest BCUT2D eigenvalue weighted by Crippen LogP contribution is 2.25. The lowest BCUT2D eigenvalue weighted by molar-refractivity contribution is 0.0939. The minimum absolute atomic E-state index is 0.171. The summed E-state index contributed by atoms with van der Waals surface area (Å²) in [6.45, 7) is 1.91. The maximum absolute atomic E-state index is 12.2. The number of hydrogen-bond acceptors (Lipinski definition) is 2. The number of rotatable bonds is 4. The van der Waals surface area contributed by atoms with Gasteiger partial charge in [-0.05, 0) is 25.1 Å². The molecule has 0 aliphatic carbocycles. The van der Waals surface area contributed by atoms with E-state index in [1.807, 2.05) is 31.2 Å². The average molecular weight is 290 g/mol. The lowest BCUT2D eigenvalue weighted by Crippen LogP contribution is -2.27. The van der Waals surface area contributed by atoms with Crippen molar-refractivity contribution in [3.63, 3.8) is 0 Å².